The lowest BCUT2D eigenvalue weighted by Gasteiger charge is -2.07. The summed E-state index contributed by atoms with van der Waals surface area (Å²) in [5, 5.41) is 0. The van der Waals surface area contributed by atoms with Gasteiger partial charge in [0, 0.05) is 28.3 Å². The zero-order valence-corrected chi connectivity index (χ0v) is 23.8. The molecule has 46 heavy (non-hydrogen) atoms. The molecule has 0 aliphatic rings. The molecule has 0 saturated heterocycles. The number of anilines is 4. The monoisotopic (exact) mass is 652 g/mol. The Morgan fingerprint density at radius 2 is 0.870 bits per heavy atom. The third kappa shape index (κ3) is 12.3. The van der Waals surface area contributed by atoms with Crippen LogP contribution in [0.2, 0.25) is 0 Å². The maximum atomic E-state index is 12.0. The Morgan fingerprint density at radius 1 is 0.370 bits per heavy atom. The standard InChI is InChI=1S/C12H11N.3C7H6F3N/c13-12-9-5-4-8-11(12)10-6-2-1-3-7-10;8-7(9,10)5-1-3-6(11)4-2-5;8-7(9,10)5-2-1-3-6(11)4-5;8-7(9,10)5-3-1-2-4-6(5)11/h1-9H,13H2;3*1-4H,11H2. The Balaban J connectivity index is 0.000000214. The van der Waals surface area contributed by atoms with Gasteiger partial charge in [-0.05, 0) is 66.2 Å². The van der Waals surface area contributed by atoms with Gasteiger partial charge >= 0.3 is 18.5 Å². The van der Waals surface area contributed by atoms with Crippen LogP contribution in [0, 0.1) is 0 Å². The lowest BCUT2D eigenvalue weighted by Crippen LogP contribution is -2.07. The molecule has 0 bridgehead atoms. The minimum atomic E-state index is -4.34. The summed E-state index contributed by atoms with van der Waals surface area (Å²) >= 11 is 0. The van der Waals surface area contributed by atoms with E-state index in [0.29, 0.717) is 5.69 Å². The number of halogens is 9. The highest BCUT2D eigenvalue weighted by Gasteiger charge is 2.32. The molecule has 5 aromatic carbocycles. The minimum absolute atomic E-state index is 0.125. The van der Waals surface area contributed by atoms with E-state index in [0.717, 1.165) is 41.6 Å². The molecule has 0 saturated carbocycles. The number of hydrogen-bond donors (Lipinski definition) is 4. The molecular formula is C33H29F9N4. The van der Waals surface area contributed by atoms with Crippen molar-refractivity contribution in [3.63, 3.8) is 0 Å². The van der Waals surface area contributed by atoms with Gasteiger partial charge in [-0.25, -0.2) is 0 Å². The summed E-state index contributed by atoms with van der Waals surface area (Å²) in [6, 6.07) is 31.9. The average Bonchev–Trinajstić information content (AvgIpc) is 2.98. The SMILES string of the molecule is Nc1ccc(C(F)(F)F)cc1.Nc1cccc(C(F)(F)F)c1.Nc1ccccc1-c1ccccc1.Nc1ccccc1C(F)(F)F. The van der Waals surface area contributed by atoms with Crippen LogP contribution in [0.3, 0.4) is 0 Å². The largest absolute Gasteiger partial charge is 0.418 e. The maximum absolute atomic E-state index is 12.0. The first-order chi connectivity index (χ1) is 21.4. The molecule has 5 rings (SSSR count). The van der Waals surface area contributed by atoms with E-state index in [2.05, 4.69) is 12.1 Å². The Bertz CT molecular complexity index is 1630. The maximum Gasteiger partial charge on any atom is 0.418 e. The van der Waals surface area contributed by atoms with Gasteiger partial charge in [-0.2, -0.15) is 39.5 Å². The number of benzene rings is 5. The van der Waals surface area contributed by atoms with Crippen LogP contribution in [0.5, 0.6) is 0 Å². The molecule has 0 aliphatic carbocycles. The smallest absolute Gasteiger partial charge is 0.399 e. The highest BCUT2D eigenvalue weighted by Crippen LogP contribution is 2.33. The summed E-state index contributed by atoms with van der Waals surface area (Å²) in [6.07, 6.45) is -12.9. The van der Waals surface area contributed by atoms with Gasteiger partial charge in [0.15, 0.2) is 0 Å². The highest BCUT2D eigenvalue weighted by molar-refractivity contribution is 5.75. The van der Waals surface area contributed by atoms with Gasteiger partial charge in [-0.15, -0.1) is 0 Å². The van der Waals surface area contributed by atoms with Gasteiger partial charge in [-0.1, -0.05) is 66.7 Å². The number of alkyl halides is 9. The van der Waals surface area contributed by atoms with Crippen LogP contribution < -0.4 is 22.9 Å². The van der Waals surface area contributed by atoms with E-state index in [4.69, 9.17) is 22.9 Å². The summed E-state index contributed by atoms with van der Waals surface area (Å²) in [7, 11) is 0. The zero-order chi connectivity index (χ0) is 34.5. The molecule has 0 aliphatic heterocycles. The molecular weight excluding hydrogens is 623 g/mol. The van der Waals surface area contributed by atoms with Gasteiger partial charge in [-0.3, -0.25) is 0 Å². The fourth-order valence-corrected chi connectivity index (χ4v) is 3.52. The second-order valence-corrected chi connectivity index (χ2v) is 9.28. The van der Waals surface area contributed by atoms with Crippen LogP contribution in [0.4, 0.5) is 62.3 Å². The number of hydrogen-bond acceptors (Lipinski definition) is 4. The Kier molecular flexibility index (Phi) is 12.9. The molecule has 0 radical (unpaired) electrons. The first-order valence-corrected chi connectivity index (χ1v) is 13.1. The third-order valence-electron chi connectivity index (χ3n) is 5.76. The summed E-state index contributed by atoms with van der Waals surface area (Å²) in [5.74, 6) is 0. The van der Waals surface area contributed by atoms with E-state index in [1.807, 2.05) is 42.5 Å². The molecule has 13 heteroatoms. The Labute approximate surface area is 259 Å². The van der Waals surface area contributed by atoms with E-state index in [1.54, 1.807) is 0 Å². The van der Waals surface area contributed by atoms with Crippen LogP contribution in [0.15, 0.2) is 127 Å². The topological polar surface area (TPSA) is 104 Å². The van der Waals surface area contributed by atoms with Crippen molar-refractivity contribution < 1.29 is 39.5 Å². The van der Waals surface area contributed by atoms with Crippen LogP contribution in [0.1, 0.15) is 16.7 Å². The van der Waals surface area contributed by atoms with Crippen molar-refractivity contribution in [3.8, 4) is 11.1 Å². The predicted octanol–water partition coefficient (Wildman–Crippen LogP) is 9.80. The van der Waals surface area contributed by atoms with Crippen molar-refractivity contribution in [2.45, 2.75) is 18.5 Å². The molecule has 244 valence electrons. The fourth-order valence-electron chi connectivity index (χ4n) is 3.52. The summed E-state index contributed by atoms with van der Waals surface area (Å²) < 4.78 is 107. The van der Waals surface area contributed by atoms with E-state index in [-0.39, 0.29) is 11.4 Å². The molecule has 0 fully saturated rings. The lowest BCUT2D eigenvalue weighted by atomic mass is 10.0. The average molecular weight is 653 g/mol. The van der Waals surface area contributed by atoms with Crippen LogP contribution in [0.25, 0.3) is 11.1 Å². The molecule has 0 aromatic heterocycles. The lowest BCUT2D eigenvalue weighted by molar-refractivity contribution is -0.138. The second-order valence-electron chi connectivity index (χ2n) is 9.28. The fraction of sp³-hybridized carbons (Fsp3) is 0.0909. The van der Waals surface area contributed by atoms with E-state index in [9.17, 15) is 39.5 Å². The molecule has 0 atom stereocenters. The molecule has 8 N–H and O–H groups in total. The summed E-state index contributed by atoms with van der Waals surface area (Å²) in [4.78, 5) is 0. The van der Waals surface area contributed by atoms with E-state index < -0.39 is 35.2 Å². The quantitative estimate of drug-likeness (QED) is 0.107. The van der Waals surface area contributed by atoms with Gasteiger partial charge in [0.2, 0.25) is 0 Å². The van der Waals surface area contributed by atoms with Crippen molar-refractivity contribution in [3.05, 3.63) is 144 Å². The number of nitrogens with two attached hydrogens (primary N) is 4. The van der Waals surface area contributed by atoms with Crippen LogP contribution in [-0.2, 0) is 18.5 Å². The Morgan fingerprint density at radius 3 is 1.30 bits per heavy atom. The molecule has 0 amide bonds. The minimum Gasteiger partial charge on any atom is -0.399 e. The zero-order valence-electron chi connectivity index (χ0n) is 23.8. The van der Waals surface area contributed by atoms with Gasteiger partial charge in [0.25, 0.3) is 0 Å². The summed E-state index contributed by atoms with van der Waals surface area (Å²) in [5.41, 5.74) is 22.4. The summed E-state index contributed by atoms with van der Waals surface area (Å²) in [6.45, 7) is 0. The predicted molar refractivity (Wildman–Crippen MR) is 164 cm³/mol. The number of rotatable bonds is 1. The third-order valence-corrected chi connectivity index (χ3v) is 5.76. The van der Waals surface area contributed by atoms with Crippen molar-refractivity contribution >= 4 is 22.7 Å². The second kappa shape index (κ2) is 16.1. The molecule has 4 nitrogen and oxygen atoms in total. The normalized spacial score (nSPS) is 11.1. The Hall–Kier alpha value is -5.33. The van der Waals surface area contributed by atoms with Crippen molar-refractivity contribution in [2.24, 2.45) is 0 Å². The number of nitrogen functional groups attached to an aromatic ring is 4. The first kappa shape index (κ1) is 36.9. The van der Waals surface area contributed by atoms with Gasteiger partial charge < -0.3 is 22.9 Å². The van der Waals surface area contributed by atoms with Crippen molar-refractivity contribution in [2.75, 3.05) is 22.9 Å². The van der Waals surface area contributed by atoms with E-state index in [1.165, 1.54) is 48.0 Å². The molecule has 0 unspecified atom stereocenters. The molecule has 5 aromatic rings. The van der Waals surface area contributed by atoms with Gasteiger partial charge in [0.1, 0.15) is 0 Å². The van der Waals surface area contributed by atoms with Crippen molar-refractivity contribution in [1.82, 2.24) is 0 Å². The molecule has 0 spiro atoms. The number of para-hydroxylation sites is 2. The van der Waals surface area contributed by atoms with Crippen LogP contribution in [-0.4, -0.2) is 0 Å². The molecule has 0 heterocycles. The van der Waals surface area contributed by atoms with E-state index >= 15 is 0 Å². The highest BCUT2D eigenvalue weighted by atomic mass is 19.4. The first-order valence-electron chi connectivity index (χ1n) is 13.1. The van der Waals surface area contributed by atoms with Crippen LogP contribution >= 0.6 is 0 Å². The van der Waals surface area contributed by atoms with Gasteiger partial charge in [0.05, 0.1) is 16.7 Å². The van der Waals surface area contributed by atoms with Crippen molar-refractivity contribution in [1.29, 1.82) is 0 Å².